The minimum absolute atomic E-state index is 0.187. The van der Waals surface area contributed by atoms with Gasteiger partial charge in [-0.15, -0.1) is 0 Å². The van der Waals surface area contributed by atoms with Gasteiger partial charge in [-0.25, -0.2) is 9.18 Å². The summed E-state index contributed by atoms with van der Waals surface area (Å²) in [6.07, 6.45) is 1.98. The average Bonchev–Trinajstić information content (AvgIpc) is 3.32. The molecule has 2 aliphatic heterocycles. The maximum absolute atomic E-state index is 13.8. The molecule has 0 spiro atoms. The molecule has 9 heteroatoms. The van der Waals surface area contributed by atoms with Crippen molar-refractivity contribution in [2.75, 3.05) is 40.3 Å². The number of thioether (sulfide) groups is 1. The standard InChI is InChI=1S/C21H27FN4O3S/c1-5-25(6-2)16-9-10-26(13-16)20-23-19(27)18(30-20)12-14-11-15(22)7-8-17(14)29-21(28)24(3)4/h7-8,11-12,16H,5-6,9-10,13H2,1-4H3/b18-12+. The minimum atomic E-state index is -0.580. The van der Waals surface area contributed by atoms with Crippen LogP contribution < -0.4 is 4.74 Å². The number of nitrogens with zero attached hydrogens (tertiary/aromatic N) is 4. The van der Waals surface area contributed by atoms with Crippen LogP contribution in [0.15, 0.2) is 28.1 Å². The quantitative estimate of drug-likeness (QED) is 0.663. The van der Waals surface area contributed by atoms with E-state index >= 15 is 0 Å². The maximum atomic E-state index is 13.8. The van der Waals surface area contributed by atoms with E-state index in [0.29, 0.717) is 21.7 Å². The molecule has 2 amide bonds. The number of hydrogen-bond donors (Lipinski definition) is 0. The first-order valence-electron chi connectivity index (χ1n) is 10.0. The zero-order chi connectivity index (χ0) is 21.8. The van der Waals surface area contributed by atoms with Gasteiger partial charge in [-0.2, -0.15) is 4.99 Å². The second-order valence-corrected chi connectivity index (χ2v) is 8.37. The largest absolute Gasteiger partial charge is 0.414 e. The van der Waals surface area contributed by atoms with Crippen molar-refractivity contribution in [2.45, 2.75) is 26.3 Å². The summed E-state index contributed by atoms with van der Waals surface area (Å²) >= 11 is 1.28. The lowest BCUT2D eigenvalue weighted by Crippen LogP contribution is -2.38. The Balaban J connectivity index is 1.75. The summed E-state index contributed by atoms with van der Waals surface area (Å²) < 4.78 is 19.1. The van der Waals surface area contributed by atoms with Crippen LogP contribution in [-0.4, -0.2) is 78.2 Å². The Morgan fingerprint density at radius 2 is 2.10 bits per heavy atom. The maximum Gasteiger partial charge on any atom is 0.414 e. The number of aliphatic imine (C=N–C) groups is 1. The van der Waals surface area contributed by atoms with Crippen LogP contribution in [0.2, 0.25) is 0 Å². The molecule has 2 aliphatic rings. The number of carbonyl (C=O) groups excluding carboxylic acids is 2. The number of amidine groups is 1. The molecular formula is C21H27FN4O3S. The summed E-state index contributed by atoms with van der Waals surface area (Å²) in [5.41, 5.74) is 0.319. The van der Waals surface area contributed by atoms with Crippen LogP contribution in [0.1, 0.15) is 25.8 Å². The smallest absolute Gasteiger partial charge is 0.410 e. The third kappa shape index (κ3) is 5.02. The number of likely N-dealkylation sites (tertiary alicyclic amines) is 1. The number of rotatable bonds is 5. The molecule has 7 nitrogen and oxygen atoms in total. The molecule has 0 bridgehead atoms. The van der Waals surface area contributed by atoms with Crippen LogP contribution in [0.5, 0.6) is 5.75 Å². The van der Waals surface area contributed by atoms with Crippen molar-refractivity contribution in [2.24, 2.45) is 4.99 Å². The Morgan fingerprint density at radius 3 is 2.77 bits per heavy atom. The number of carbonyl (C=O) groups is 2. The highest BCUT2D eigenvalue weighted by Crippen LogP contribution is 2.34. The van der Waals surface area contributed by atoms with Gasteiger partial charge in [0.1, 0.15) is 11.6 Å². The highest BCUT2D eigenvalue weighted by Gasteiger charge is 2.33. The highest BCUT2D eigenvalue weighted by molar-refractivity contribution is 8.18. The number of likely N-dealkylation sites (N-methyl/N-ethyl adjacent to an activating group) is 1. The van der Waals surface area contributed by atoms with Gasteiger partial charge in [0.05, 0.1) is 4.91 Å². The van der Waals surface area contributed by atoms with Crippen molar-refractivity contribution in [3.05, 3.63) is 34.5 Å². The molecular weight excluding hydrogens is 407 g/mol. The van der Waals surface area contributed by atoms with Crippen molar-refractivity contribution < 1.29 is 18.7 Å². The first-order valence-corrected chi connectivity index (χ1v) is 10.8. The van der Waals surface area contributed by atoms with Gasteiger partial charge < -0.3 is 14.5 Å². The molecule has 2 heterocycles. The molecule has 0 aliphatic carbocycles. The molecule has 0 aromatic heterocycles. The number of amides is 2. The van der Waals surface area contributed by atoms with Crippen LogP contribution in [-0.2, 0) is 4.79 Å². The van der Waals surface area contributed by atoms with Gasteiger partial charge >= 0.3 is 6.09 Å². The first kappa shape index (κ1) is 22.3. The van der Waals surface area contributed by atoms with Crippen molar-refractivity contribution in [1.82, 2.24) is 14.7 Å². The van der Waals surface area contributed by atoms with E-state index in [1.54, 1.807) is 14.1 Å². The molecule has 0 saturated carbocycles. The lowest BCUT2D eigenvalue weighted by molar-refractivity contribution is -0.113. The van der Waals surface area contributed by atoms with E-state index in [9.17, 15) is 14.0 Å². The fourth-order valence-electron chi connectivity index (χ4n) is 3.54. The van der Waals surface area contributed by atoms with Crippen molar-refractivity contribution in [1.29, 1.82) is 0 Å². The van der Waals surface area contributed by atoms with E-state index in [2.05, 4.69) is 28.6 Å². The number of benzene rings is 1. The summed E-state index contributed by atoms with van der Waals surface area (Å²) in [6.45, 7) is 7.97. The Morgan fingerprint density at radius 1 is 1.37 bits per heavy atom. The molecule has 162 valence electrons. The first-order chi connectivity index (χ1) is 14.3. The van der Waals surface area contributed by atoms with Crippen molar-refractivity contribution in [3.63, 3.8) is 0 Å². The summed E-state index contributed by atoms with van der Waals surface area (Å²) in [7, 11) is 3.12. The molecule has 0 N–H and O–H groups in total. The second-order valence-electron chi connectivity index (χ2n) is 7.36. The SMILES string of the molecule is CCN(CC)C1CCN(C2=NC(=O)/C(=C\c3cc(F)ccc3OC(=O)N(C)C)S2)C1. The minimum Gasteiger partial charge on any atom is -0.410 e. The fraction of sp³-hybridized carbons (Fsp3) is 0.476. The molecule has 1 unspecified atom stereocenters. The molecule has 1 aromatic carbocycles. The van der Waals surface area contributed by atoms with Crippen molar-refractivity contribution >= 4 is 35.0 Å². The van der Waals surface area contributed by atoms with Crippen LogP contribution in [0, 0.1) is 5.82 Å². The Kier molecular flexibility index (Phi) is 7.14. The van der Waals surface area contributed by atoms with Gasteiger partial charge in [0, 0.05) is 38.8 Å². The molecule has 30 heavy (non-hydrogen) atoms. The lowest BCUT2D eigenvalue weighted by atomic mass is 10.2. The van der Waals surface area contributed by atoms with Crippen LogP contribution in [0.4, 0.5) is 9.18 Å². The van der Waals surface area contributed by atoms with Gasteiger partial charge in [-0.3, -0.25) is 9.69 Å². The predicted molar refractivity (Wildman–Crippen MR) is 117 cm³/mol. The Labute approximate surface area is 180 Å². The lowest BCUT2D eigenvalue weighted by Gasteiger charge is -2.26. The van der Waals surface area contributed by atoms with E-state index < -0.39 is 11.9 Å². The molecule has 1 atom stereocenters. The van der Waals surface area contributed by atoms with E-state index in [1.165, 1.54) is 40.9 Å². The van der Waals surface area contributed by atoms with E-state index in [4.69, 9.17) is 4.74 Å². The van der Waals surface area contributed by atoms with Gasteiger partial charge in [0.25, 0.3) is 5.91 Å². The van der Waals surface area contributed by atoms with E-state index in [-0.39, 0.29) is 11.7 Å². The van der Waals surface area contributed by atoms with Crippen LogP contribution in [0.25, 0.3) is 6.08 Å². The zero-order valence-corrected chi connectivity index (χ0v) is 18.5. The molecule has 1 aromatic rings. The van der Waals surface area contributed by atoms with Gasteiger partial charge in [0.15, 0.2) is 5.17 Å². The number of halogens is 1. The Hall–Kier alpha value is -2.39. The predicted octanol–water partition coefficient (Wildman–Crippen LogP) is 3.27. The third-order valence-corrected chi connectivity index (χ3v) is 6.24. The summed E-state index contributed by atoms with van der Waals surface area (Å²) in [5, 5.41) is 0.671. The second kappa shape index (κ2) is 9.61. The Bertz CT molecular complexity index is 883. The highest BCUT2D eigenvalue weighted by atomic mass is 32.2. The van der Waals surface area contributed by atoms with Crippen molar-refractivity contribution in [3.8, 4) is 5.75 Å². The summed E-state index contributed by atoms with van der Waals surface area (Å²) in [5.74, 6) is -0.660. The number of ether oxygens (including phenoxy) is 1. The van der Waals surface area contributed by atoms with Gasteiger partial charge in [-0.05, 0) is 55.5 Å². The van der Waals surface area contributed by atoms with Crippen LogP contribution in [0.3, 0.4) is 0 Å². The average molecular weight is 435 g/mol. The molecule has 3 rings (SSSR count). The summed E-state index contributed by atoms with van der Waals surface area (Å²) in [6, 6.07) is 4.28. The fourth-order valence-corrected chi connectivity index (χ4v) is 4.48. The normalized spacial score (nSPS) is 20.3. The van der Waals surface area contributed by atoms with E-state index in [0.717, 1.165) is 32.6 Å². The zero-order valence-electron chi connectivity index (χ0n) is 17.7. The van der Waals surface area contributed by atoms with Gasteiger partial charge in [0.2, 0.25) is 0 Å². The molecule has 0 radical (unpaired) electrons. The third-order valence-electron chi connectivity index (χ3n) is 5.19. The number of hydrogen-bond acceptors (Lipinski definition) is 6. The van der Waals surface area contributed by atoms with Crippen LogP contribution >= 0.6 is 11.8 Å². The summed E-state index contributed by atoms with van der Waals surface area (Å²) in [4.78, 5) is 34.8. The topological polar surface area (TPSA) is 65.5 Å². The monoisotopic (exact) mass is 434 g/mol. The molecule has 1 saturated heterocycles. The van der Waals surface area contributed by atoms with Gasteiger partial charge in [-0.1, -0.05) is 13.8 Å². The molecule has 1 fully saturated rings. The van der Waals surface area contributed by atoms with E-state index in [1.807, 2.05) is 0 Å².